The van der Waals surface area contributed by atoms with Crippen LogP contribution in [0, 0.1) is 18.3 Å². The Morgan fingerprint density at radius 3 is 2.36 bits per heavy atom. The smallest absolute Gasteiger partial charge is 0.267 e. The lowest BCUT2D eigenvalue weighted by atomic mass is 10.1. The van der Waals surface area contributed by atoms with Crippen LogP contribution in [-0.2, 0) is 4.79 Å². The number of nitriles is 1. The number of rotatable bonds is 7. The van der Waals surface area contributed by atoms with Gasteiger partial charge in [0, 0.05) is 42.0 Å². The summed E-state index contributed by atoms with van der Waals surface area (Å²) < 4.78 is 0. The van der Waals surface area contributed by atoms with E-state index in [2.05, 4.69) is 35.4 Å². The summed E-state index contributed by atoms with van der Waals surface area (Å²) in [6, 6.07) is 14.7. The van der Waals surface area contributed by atoms with Gasteiger partial charge in [0.25, 0.3) is 5.91 Å². The summed E-state index contributed by atoms with van der Waals surface area (Å²) >= 11 is 0. The van der Waals surface area contributed by atoms with Gasteiger partial charge < -0.3 is 33.7 Å². The van der Waals surface area contributed by atoms with Crippen LogP contribution in [0.4, 0.5) is 22.7 Å². The number of nitrogens with zero attached hydrogens (tertiary/aromatic N) is 2. The van der Waals surface area contributed by atoms with Crippen molar-refractivity contribution < 1.29 is 17.2 Å². The molecule has 28 heavy (non-hydrogen) atoms. The zero-order valence-corrected chi connectivity index (χ0v) is 17.0. The zero-order valence-electron chi connectivity index (χ0n) is 16.3. The molecule has 0 saturated heterocycles. The molecule has 0 spiro atoms. The number of carbonyl (C=O) groups is 1. The largest absolute Gasteiger partial charge is 1.00 e. The number of aryl methyl sites for hydroxylation is 1. The lowest BCUT2D eigenvalue weighted by Gasteiger charge is -2.22. The Bertz CT molecular complexity index is 867. The lowest BCUT2D eigenvalue weighted by Crippen LogP contribution is -3.00. The van der Waals surface area contributed by atoms with Gasteiger partial charge in [0.05, 0.1) is 0 Å². The molecule has 0 radical (unpaired) electrons. The molecule has 0 aromatic heterocycles. The van der Waals surface area contributed by atoms with Crippen LogP contribution in [0.5, 0.6) is 0 Å². The van der Waals surface area contributed by atoms with Gasteiger partial charge in [0.2, 0.25) is 0 Å². The van der Waals surface area contributed by atoms with E-state index in [1.54, 1.807) is 24.3 Å². The second-order valence-corrected chi connectivity index (χ2v) is 6.06. The first-order valence-electron chi connectivity index (χ1n) is 8.87. The predicted molar refractivity (Wildman–Crippen MR) is 112 cm³/mol. The molecule has 2 rings (SSSR count). The lowest BCUT2D eigenvalue weighted by molar-refractivity contribution is -0.112. The van der Waals surface area contributed by atoms with E-state index >= 15 is 0 Å². The zero-order chi connectivity index (χ0) is 19.8. The molecule has 2 aromatic carbocycles. The number of amides is 1. The highest BCUT2D eigenvalue weighted by Crippen LogP contribution is 2.23. The molecule has 1 amide bonds. The molecule has 148 valence electrons. The molecule has 7 heteroatoms. The Labute approximate surface area is 172 Å². The van der Waals surface area contributed by atoms with Crippen LogP contribution in [-0.4, -0.2) is 19.0 Å². The number of benzene rings is 2. The van der Waals surface area contributed by atoms with Gasteiger partial charge in [-0.15, -0.1) is 0 Å². The van der Waals surface area contributed by atoms with Crippen molar-refractivity contribution in [2.24, 2.45) is 0 Å². The molecule has 0 atom stereocenters. The monoisotopic (exact) mass is 398 g/mol. The van der Waals surface area contributed by atoms with Gasteiger partial charge in [0.1, 0.15) is 11.6 Å². The number of nitrogens with one attached hydrogen (secondary N) is 2. The van der Waals surface area contributed by atoms with Crippen molar-refractivity contribution in [3.8, 4) is 6.07 Å². The number of halogens is 1. The quantitative estimate of drug-likeness (QED) is 0.366. The van der Waals surface area contributed by atoms with Gasteiger partial charge in [-0.2, -0.15) is 5.26 Å². The Morgan fingerprint density at radius 2 is 1.82 bits per heavy atom. The van der Waals surface area contributed by atoms with E-state index in [0.29, 0.717) is 11.4 Å². The fourth-order valence-electron chi connectivity index (χ4n) is 2.66. The molecular weight excluding hydrogens is 374 g/mol. The van der Waals surface area contributed by atoms with Crippen LogP contribution in [0.25, 0.3) is 0 Å². The minimum absolute atomic E-state index is 0. The standard InChI is InChI=1S/C21H25N5O.ClH/c1-4-26(5-2)19-10-11-20(15(3)12-19)24-14-16(13-22)21(27)25-18-8-6-17(23)7-9-18;/h6-12,14,24H,4-5,23H2,1-3H3,(H,25,27);1H/p-1/b16-14-;. The van der Waals surface area contributed by atoms with Crippen LogP contribution in [0.15, 0.2) is 54.2 Å². The van der Waals surface area contributed by atoms with Crippen LogP contribution in [0.1, 0.15) is 19.4 Å². The minimum Gasteiger partial charge on any atom is -1.00 e. The fraction of sp³-hybridized carbons (Fsp3) is 0.238. The second kappa shape index (κ2) is 10.9. The van der Waals surface area contributed by atoms with Gasteiger partial charge >= 0.3 is 0 Å². The maximum Gasteiger partial charge on any atom is 0.267 e. The third kappa shape index (κ3) is 5.93. The summed E-state index contributed by atoms with van der Waals surface area (Å²) in [6.07, 6.45) is 1.42. The summed E-state index contributed by atoms with van der Waals surface area (Å²) in [5, 5.41) is 15.0. The summed E-state index contributed by atoms with van der Waals surface area (Å²) in [5.74, 6) is -0.479. The van der Waals surface area contributed by atoms with E-state index in [0.717, 1.165) is 30.0 Å². The van der Waals surface area contributed by atoms with Gasteiger partial charge in [-0.05, 0) is 68.8 Å². The van der Waals surface area contributed by atoms with Gasteiger partial charge in [-0.25, -0.2) is 0 Å². The topological polar surface area (TPSA) is 94.2 Å². The third-order valence-electron chi connectivity index (χ3n) is 4.24. The molecule has 0 aliphatic heterocycles. The van der Waals surface area contributed by atoms with Gasteiger partial charge in [-0.1, -0.05) is 0 Å². The van der Waals surface area contributed by atoms with Gasteiger partial charge in [0.15, 0.2) is 0 Å². The molecule has 0 bridgehead atoms. The van der Waals surface area contributed by atoms with E-state index in [1.165, 1.54) is 6.20 Å². The number of nitrogens with two attached hydrogens (primary N) is 1. The number of hydrogen-bond donors (Lipinski definition) is 3. The number of carbonyl (C=O) groups excluding carboxylic acids is 1. The molecule has 0 aliphatic carbocycles. The Balaban J connectivity index is 0.00000392. The summed E-state index contributed by atoms with van der Waals surface area (Å²) in [7, 11) is 0. The first-order chi connectivity index (χ1) is 13.0. The Morgan fingerprint density at radius 1 is 1.18 bits per heavy atom. The SMILES string of the molecule is CCN(CC)c1ccc(N/C=C(/C#N)C(=O)Nc2ccc(N)cc2)c(C)c1.[Cl-]. The van der Waals surface area contributed by atoms with Crippen LogP contribution >= 0.6 is 0 Å². The van der Waals surface area contributed by atoms with E-state index in [1.807, 2.05) is 25.1 Å². The molecule has 0 fully saturated rings. The molecule has 0 heterocycles. The van der Waals surface area contributed by atoms with Crippen molar-refractivity contribution in [3.63, 3.8) is 0 Å². The average molecular weight is 399 g/mol. The molecule has 0 aliphatic rings. The van der Waals surface area contributed by atoms with E-state index in [-0.39, 0.29) is 18.0 Å². The highest BCUT2D eigenvalue weighted by Gasteiger charge is 2.10. The molecule has 0 saturated carbocycles. The maximum atomic E-state index is 12.3. The minimum atomic E-state index is -0.479. The molecule has 4 N–H and O–H groups in total. The van der Waals surface area contributed by atoms with Crippen molar-refractivity contribution in [1.82, 2.24) is 0 Å². The first kappa shape index (κ1) is 22.9. The average Bonchev–Trinajstić information content (AvgIpc) is 2.66. The van der Waals surface area contributed by atoms with Crippen LogP contribution in [0.2, 0.25) is 0 Å². The van der Waals surface area contributed by atoms with E-state index in [4.69, 9.17) is 5.73 Å². The molecule has 6 nitrogen and oxygen atoms in total. The number of hydrogen-bond acceptors (Lipinski definition) is 5. The van der Waals surface area contributed by atoms with Crippen LogP contribution < -0.4 is 33.7 Å². The highest BCUT2D eigenvalue weighted by molar-refractivity contribution is 6.06. The Hall–Kier alpha value is -3.17. The molecule has 2 aromatic rings. The van der Waals surface area contributed by atoms with Crippen molar-refractivity contribution >= 4 is 28.7 Å². The highest BCUT2D eigenvalue weighted by atomic mass is 35.5. The van der Waals surface area contributed by atoms with E-state index in [9.17, 15) is 10.1 Å². The van der Waals surface area contributed by atoms with E-state index < -0.39 is 5.91 Å². The summed E-state index contributed by atoms with van der Waals surface area (Å²) in [5.41, 5.74) is 9.82. The van der Waals surface area contributed by atoms with Crippen molar-refractivity contribution in [2.45, 2.75) is 20.8 Å². The first-order valence-corrected chi connectivity index (χ1v) is 8.87. The summed E-state index contributed by atoms with van der Waals surface area (Å²) in [6.45, 7) is 8.10. The maximum absolute atomic E-state index is 12.3. The number of anilines is 4. The van der Waals surface area contributed by atoms with Crippen LogP contribution in [0.3, 0.4) is 0 Å². The Kier molecular flexibility index (Phi) is 8.86. The predicted octanol–water partition coefficient (Wildman–Crippen LogP) is 0.886. The molecular formula is C21H25ClN5O-. The van der Waals surface area contributed by atoms with Gasteiger partial charge in [-0.3, -0.25) is 4.79 Å². The number of nitrogen functional groups attached to an aromatic ring is 1. The molecule has 0 unspecified atom stereocenters. The van der Waals surface area contributed by atoms with Crippen molar-refractivity contribution in [2.75, 3.05) is 34.4 Å². The summed E-state index contributed by atoms with van der Waals surface area (Å²) in [4.78, 5) is 14.5. The third-order valence-corrected chi connectivity index (χ3v) is 4.24. The fourth-order valence-corrected chi connectivity index (χ4v) is 2.66. The van der Waals surface area contributed by atoms with Crippen molar-refractivity contribution in [1.29, 1.82) is 5.26 Å². The normalized spacial score (nSPS) is 10.4. The second-order valence-electron chi connectivity index (χ2n) is 6.06. The van der Waals surface area contributed by atoms with Crippen molar-refractivity contribution in [3.05, 3.63) is 59.8 Å².